The van der Waals surface area contributed by atoms with Gasteiger partial charge in [0.15, 0.2) is 0 Å². The number of nitrogens with one attached hydrogen (secondary N) is 2. The number of para-hydroxylation sites is 2. The summed E-state index contributed by atoms with van der Waals surface area (Å²) in [5.74, 6) is 0.712. The van der Waals surface area contributed by atoms with E-state index in [-0.39, 0.29) is 12.0 Å². The molecule has 0 bridgehead atoms. The summed E-state index contributed by atoms with van der Waals surface area (Å²) in [4.78, 5) is 20.0. The number of anilines is 1. The molecular weight excluding hydrogens is 290 g/mol. The van der Waals surface area contributed by atoms with Gasteiger partial charge in [-0.3, -0.25) is 4.79 Å². The quantitative estimate of drug-likeness (QED) is 0.780. The topological polar surface area (TPSA) is 67.0 Å². The van der Waals surface area contributed by atoms with Gasteiger partial charge in [0.1, 0.15) is 11.9 Å². The van der Waals surface area contributed by atoms with E-state index in [0.29, 0.717) is 6.61 Å². The first-order valence-electron chi connectivity index (χ1n) is 7.77. The number of aromatic nitrogens is 2. The number of imidazole rings is 1. The van der Waals surface area contributed by atoms with Crippen LogP contribution in [0.1, 0.15) is 12.8 Å². The molecule has 4 rings (SSSR count). The summed E-state index contributed by atoms with van der Waals surface area (Å²) in [6.45, 7) is 0.664. The first kappa shape index (κ1) is 14.0. The molecule has 5 nitrogen and oxygen atoms in total. The van der Waals surface area contributed by atoms with Crippen LogP contribution < -0.4 is 5.32 Å². The SMILES string of the molecule is O=C(Nc1cccc(-c2nc3ccccc3[nH]2)c1)[C@H]1CCCO1. The van der Waals surface area contributed by atoms with E-state index < -0.39 is 0 Å². The Labute approximate surface area is 133 Å². The summed E-state index contributed by atoms with van der Waals surface area (Å²) in [6, 6.07) is 15.6. The van der Waals surface area contributed by atoms with E-state index in [4.69, 9.17) is 4.74 Å². The van der Waals surface area contributed by atoms with Crippen LogP contribution in [0.25, 0.3) is 22.4 Å². The van der Waals surface area contributed by atoms with Crippen LogP contribution in [0.3, 0.4) is 0 Å². The van der Waals surface area contributed by atoms with Crippen LogP contribution in [-0.4, -0.2) is 28.6 Å². The third-order valence-electron chi connectivity index (χ3n) is 4.02. The van der Waals surface area contributed by atoms with E-state index in [2.05, 4.69) is 15.3 Å². The predicted octanol–water partition coefficient (Wildman–Crippen LogP) is 3.35. The van der Waals surface area contributed by atoms with Crippen LogP contribution in [0.2, 0.25) is 0 Å². The summed E-state index contributed by atoms with van der Waals surface area (Å²) in [5, 5.41) is 2.92. The molecule has 1 aliphatic heterocycles. The zero-order valence-electron chi connectivity index (χ0n) is 12.6. The Hall–Kier alpha value is -2.66. The third kappa shape index (κ3) is 2.83. The molecule has 0 aliphatic carbocycles. The standard InChI is InChI=1S/C18H17N3O2/c22-18(16-9-4-10-23-16)19-13-6-3-5-12(11-13)17-20-14-7-1-2-8-15(14)21-17/h1-3,5-8,11,16H,4,9-10H2,(H,19,22)(H,20,21)/t16-/m1/s1. The van der Waals surface area contributed by atoms with Gasteiger partial charge in [0, 0.05) is 17.9 Å². The van der Waals surface area contributed by atoms with Crippen LogP contribution in [0.4, 0.5) is 5.69 Å². The summed E-state index contributed by atoms with van der Waals surface area (Å²) < 4.78 is 5.41. The molecule has 0 saturated carbocycles. The van der Waals surface area contributed by atoms with Crippen molar-refractivity contribution in [2.24, 2.45) is 0 Å². The van der Waals surface area contributed by atoms with E-state index in [1.807, 2.05) is 48.5 Å². The number of hydrogen-bond acceptors (Lipinski definition) is 3. The molecule has 2 aromatic carbocycles. The van der Waals surface area contributed by atoms with Crippen molar-refractivity contribution < 1.29 is 9.53 Å². The smallest absolute Gasteiger partial charge is 0.253 e. The molecule has 3 aromatic rings. The van der Waals surface area contributed by atoms with Gasteiger partial charge in [0.25, 0.3) is 5.91 Å². The highest BCUT2D eigenvalue weighted by Crippen LogP contribution is 2.23. The van der Waals surface area contributed by atoms with Gasteiger partial charge in [-0.2, -0.15) is 0 Å². The fraction of sp³-hybridized carbons (Fsp3) is 0.222. The Morgan fingerprint density at radius 2 is 2.13 bits per heavy atom. The summed E-state index contributed by atoms with van der Waals surface area (Å²) in [7, 11) is 0. The lowest BCUT2D eigenvalue weighted by molar-refractivity contribution is -0.124. The van der Waals surface area contributed by atoms with Crippen LogP contribution >= 0.6 is 0 Å². The number of aromatic amines is 1. The van der Waals surface area contributed by atoms with Crippen molar-refractivity contribution in [3.8, 4) is 11.4 Å². The van der Waals surface area contributed by atoms with E-state index in [1.54, 1.807) is 0 Å². The van der Waals surface area contributed by atoms with Gasteiger partial charge >= 0.3 is 0 Å². The number of carbonyl (C=O) groups is 1. The lowest BCUT2D eigenvalue weighted by atomic mass is 10.1. The van der Waals surface area contributed by atoms with Crippen molar-refractivity contribution in [3.63, 3.8) is 0 Å². The fourth-order valence-electron chi connectivity index (χ4n) is 2.84. The molecule has 0 radical (unpaired) electrons. The van der Waals surface area contributed by atoms with Gasteiger partial charge in [-0.1, -0.05) is 24.3 Å². The van der Waals surface area contributed by atoms with Crippen molar-refractivity contribution in [2.45, 2.75) is 18.9 Å². The monoisotopic (exact) mass is 307 g/mol. The van der Waals surface area contributed by atoms with Gasteiger partial charge in [-0.25, -0.2) is 4.98 Å². The summed E-state index contributed by atoms with van der Waals surface area (Å²) in [5.41, 5.74) is 3.61. The van der Waals surface area contributed by atoms with Crippen molar-refractivity contribution in [2.75, 3.05) is 11.9 Å². The largest absolute Gasteiger partial charge is 0.368 e. The highest BCUT2D eigenvalue weighted by atomic mass is 16.5. The molecule has 2 heterocycles. The number of amides is 1. The second kappa shape index (κ2) is 5.85. The van der Waals surface area contributed by atoms with Gasteiger partial charge in [0.2, 0.25) is 0 Å². The summed E-state index contributed by atoms with van der Waals surface area (Å²) >= 11 is 0. The first-order chi connectivity index (χ1) is 11.3. The van der Waals surface area contributed by atoms with Crippen molar-refractivity contribution >= 4 is 22.6 Å². The third-order valence-corrected chi connectivity index (χ3v) is 4.02. The number of hydrogen-bond donors (Lipinski definition) is 2. The fourth-order valence-corrected chi connectivity index (χ4v) is 2.84. The van der Waals surface area contributed by atoms with Crippen molar-refractivity contribution in [1.82, 2.24) is 9.97 Å². The van der Waals surface area contributed by atoms with Crippen LogP contribution in [0, 0.1) is 0 Å². The van der Waals surface area contributed by atoms with Gasteiger partial charge in [-0.05, 0) is 37.1 Å². The number of rotatable bonds is 3. The Balaban J connectivity index is 1.59. The number of ether oxygens (including phenoxy) is 1. The number of carbonyl (C=O) groups excluding carboxylic acids is 1. The molecule has 1 saturated heterocycles. The Morgan fingerprint density at radius 1 is 1.22 bits per heavy atom. The van der Waals surface area contributed by atoms with Crippen molar-refractivity contribution in [3.05, 3.63) is 48.5 Å². The molecule has 1 aromatic heterocycles. The van der Waals surface area contributed by atoms with Crippen LogP contribution in [0.5, 0.6) is 0 Å². The van der Waals surface area contributed by atoms with Gasteiger partial charge in [-0.15, -0.1) is 0 Å². The predicted molar refractivity (Wildman–Crippen MR) is 89.1 cm³/mol. The number of fused-ring (bicyclic) bond motifs is 1. The molecule has 0 unspecified atom stereocenters. The molecular formula is C18H17N3O2. The van der Waals surface area contributed by atoms with Gasteiger partial charge < -0.3 is 15.0 Å². The molecule has 1 amide bonds. The molecule has 2 N–H and O–H groups in total. The van der Waals surface area contributed by atoms with E-state index in [9.17, 15) is 4.79 Å². The van der Waals surface area contributed by atoms with E-state index in [1.165, 1.54) is 0 Å². The lowest BCUT2D eigenvalue weighted by Crippen LogP contribution is -2.26. The molecule has 116 valence electrons. The minimum absolute atomic E-state index is 0.0794. The zero-order chi connectivity index (χ0) is 15.6. The molecule has 1 fully saturated rings. The maximum Gasteiger partial charge on any atom is 0.253 e. The van der Waals surface area contributed by atoms with Gasteiger partial charge in [0.05, 0.1) is 11.0 Å². The average Bonchev–Trinajstić information content (AvgIpc) is 3.24. The highest BCUT2D eigenvalue weighted by Gasteiger charge is 2.23. The van der Waals surface area contributed by atoms with E-state index >= 15 is 0 Å². The highest BCUT2D eigenvalue weighted by molar-refractivity contribution is 5.95. The maximum atomic E-state index is 12.1. The van der Waals surface area contributed by atoms with Crippen molar-refractivity contribution in [1.29, 1.82) is 0 Å². The lowest BCUT2D eigenvalue weighted by Gasteiger charge is -2.11. The number of benzene rings is 2. The zero-order valence-corrected chi connectivity index (χ0v) is 12.6. The minimum atomic E-state index is -0.329. The number of H-pyrrole nitrogens is 1. The second-order valence-electron chi connectivity index (χ2n) is 5.67. The van der Waals surface area contributed by atoms with Crippen LogP contribution in [-0.2, 0) is 9.53 Å². The Bertz CT molecular complexity index is 817. The molecule has 5 heteroatoms. The average molecular weight is 307 g/mol. The Kier molecular flexibility index (Phi) is 3.55. The molecule has 1 atom stereocenters. The number of nitrogens with zero attached hydrogens (tertiary/aromatic N) is 1. The molecule has 23 heavy (non-hydrogen) atoms. The Morgan fingerprint density at radius 3 is 2.96 bits per heavy atom. The summed E-state index contributed by atoms with van der Waals surface area (Å²) in [6.07, 6.45) is 1.40. The first-order valence-corrected chi connectivity index (χ1v) is 7.77. The molecule has 0 spiro atoms. The molecule has 1 aliphatic rings. The normalized spacial score (nSPS) is 17.5. The van der Waals surface area contributed by atoms with E-state index in [0.717, 1.165) is 41.0 Å². The maximum absolute atomic E-state index is 12.1. The minimum Gasteiger partial charge on any atom is -0.368 e. The second-order valence-corrected chi connectivity index (χ2v) is 5.67. The van der Waals surface area contributed by atoms with Crippen LogP contribution in [0.15, 0.2) is 48.5 Å².